The van der Waals surface area contributed by atoms with Crippen LogP contribution in [-0.4, -0.2) is 26.6 Å². The fourth-order valence-corrected chi connectivity index (χ4v) is 6.89. The fraction of sp³-hybridized carbons (Fsp3) is 0.500. The summed E-state index contributed by atoms with van der Waals surface area (Å²) in [6.45, 7) is 0. The van der Waals surface area contributed by atoms with Gasteiger partial charge in [-0.1, -0.05) is 28.4 Å². The summed E-state index contributed by atoms with van der Waals surface area (Å²) >= 11 is 15.4. The van der Waals surface area contributed by atoms with Crippen LogP contribution in [0.5, 0.6) is 0 Å². The minimum atomic E-state index is -0.573. The van der Waals surface area contributed by atoms with Crippen molar-refractivity contribution >= 4 is 50.9 Å². The van der Waals surface area contributed by atoms with Gasteiger partial charge in [-0.3, -0.25) is 0 Å². The van der Waals surface area contributed by atoms with Gasteiger partial charge in [-0.05, 0) is 84.5 Å². The highest BCUT2D eigenvalue weighted by Gasteiger charge is 2.62. The molecule has 0 radical (unpaired) electrons. The topological polar surface area (TPSA) is 95.4 Å². The van der Waals surface area contributed by atoms with Crippen LogP contribution in [0, 0.1) is 17.3 Å². The molecule has 1 aromatic carbocycles. The van der Waals surface area contributed by atoms with Crippen molar-refractivity contribution in [1.82, 2.24) is 14.8 Å². The summed E-state index contributed by atoms with van der Waals surface area (Å²) in [5.41, 5.74) is 5.73. The Labute approximate surface area is 192 Å². The van der Waals surface area contributed by atoms with Crippen LogP contribution in [0.1, 0.15) is 44.1 Å². The van der Waals surface area contributed by atoms with Gasteiger partial charge in [0.15, 0.2) is 5.84 Å². The fourth-order valence-electron chi connectivity index (χ4n) is 6.13. The molecule has 1 heterocycles. The van der Waals surface area contributed by atoms with Crippen molar-refractivity contribution in [3.63, 3.8) is 0 Å². The molecule has 30 heavy (non-hydrogen) atoms. The van der Waals surface area contributed by atoms with Gasteiger partial charge in [0.2, 0.25) is 4.73 Å². The largest absolute Gasteiger partial charge is 0.380 e. The maximum absolute atomic E-state index is 13.3. The summed E-state index contributed by atoms with van der Waals surface area (Å²) in [6, 6.07) is 4.88. The Hall–Kier alpha value is -1.64. The molecule has 4 aliphatic carbocycles. The maximum atomic E-state index is 13.3. The van der Waals surface area contributed by atoms with Crippen LogP contribution < -0.4 is 5.73 Å². The molecule has 2 aromatic rings. The van der Waals surface area contributed by atoms with E-state index in [4.69, 9.17) is 33.8 Å². The Balaban J connectivity index is 1.40. The molecule has 4 fully saturated rings. The van der Waals surface area contributed by atoms with Crippen molar-refractivity contribution in [2.24, 2.45) is 28.1 Å². The smallest absolute Gasteiger partial charge is 0.341 e. The molecule has 0 saturated heterocycles. The first-order chi connectivity index (χ1) is 14.3. The summed E-state index contributed by atoms with van der Waals surface area (Å²) in [5, 5.41) is 9.28. The van der Waals surface area contributed by atoms with Crippen molar-refractivity contribution in [3.8, 4) is 0 Å². The van der Waals surface area contributed by atoms with E-state index in [0.29, 0.717) is 38.6 Å². The molecule has 4 aliphatic rings. The molecular weight excluding hydrogens is 493 g/mol. The first kappa shape index (κ1) is 20.3. The van der Waals surface area contributed by atoms with Crippen molar-refractivity contribution in [2.75, 3.05) is 0 Å². The second-order valence-electron chi connectivity index (χ2n) is 8.90. The average Bonchev–Trinajstić information content (AvgIpc) is 3.12. The average molecular weight is 513 g/mol. The van der Waals surface area contributed by atoms with E-state index in [1.807, 2.05) is 4.68 Å². The van der Waals surface area contributed by atoms with Crippen molar-refractivity contribution in [3.05, 3.63) is 44.9 Å². The molecule has 6 rings (SSSR count). The second kappa shape index (κ2) is 7.21. The van der Waals surface area contributed by atoms with E-state index in [2.05, 4.69) is 31.2 Å². The monoisotopic (exact) mass is 511 g/mol. The highest BCUT2D eigenvalue weighted by atomic mass is 79.9. The molecule has 0 spiro atoms. The standard InChI is InChI=1S/C20H20BrCl2N5O2/c21-18-25-10-28(26-18)20-7-11-3-12(8-20)6-19(5-11,9-20)17(29)30-27-16(24)14-2-1-13(22)4-15(14)23/h1-2,4,10-12H,3,5-9H2,(H2,24,27). The van der Waals surface area contributed by atoms with Crippen LogP contribution in [0.4, 0.5) is 0 Å². The lowest BCUT2D eigenvalue weighted by molar-refractivity contribution is -0.179. The number of halogens is 3. The van der Waals surface area contributed by atoms with Crippen LogP contribution >= 0.6 is 39.1 Å². The molecule has 158 valence electrons. The molecule has 10 heteroatoms. The van der Waals surface area contributed by atoms with Crippen LogP contribution in [0.3, 0.4) is 0 Å². The number of hydrogen-bond donors (Lipinski definition) is 1. The van der Waals surface area contributed by atoms with Crippen LogP contribution in [0.15, 0.2) is 34.4 Å². The van der Waals surface area contributed by atoms with Crippen LogP contribution in [0.2, 0.25) is 10.0 Å². The third-order valence-corrected chi connectivity index (χ3v) is 7.76. The Morgan fingerprint density at radius 3 is 2.63 bits per heavy atom. The zero-order chi connectivity index (χ0) is 21.1. The van der Waals surface area contributed by atoms with E-state index in [1.54, 1.807) is 24.5 Å². The van der Waals surface area contributed by atoms with E-state index >= 15 is 0 Å². The summed E-state index contributed by atoms with van der Waals surface area (Å²) < 4.78 is 2.51. The van der Waals surface area contributed by atoms with Crippen molar-refractivity contribution in [1.29, 1.82) is 0 Å². The van der Waals surface area contributed by atoms with E-state index in [-0.39, 0.29) is 17.3 Å². The highest BCUT2D eigenvalue weighted by Crippen LogP contribution is 2.64. The zero-order valence-electron chi connectivity index (χ0n) is 16.0. The van der Waals surface area contributed by atoms with Gasteiger partial charge in [0.25, 0.3) is 0 Å². The number of benzene rings is 1. The maximum Gasteiger partial charge on any atom is 0.341 e. The molecular formula is C20H20BrCl2N5O2. The Morgan fingerprint density at radius 1 is 1.27 bits per heavy atom. The van der Waals surface area contributed by atoms with E-state index in [9.17, 15) is 4.79 Å². The number of aromatic nitrogens is 3. The molecule has 0 aliphatic heterocycles. The molecule has 4 saturated carbocycles. The molecule has 0 amide bonds. The summed E-state index contributed by atoms with van der Waals surface area (Å²) in [4.78, 5) is 22.9. The number of oxime groups is 1. The van der Waals surface area contributed by atoms with Gasteiger partial charge in [-0.25, -0.2) is 14.5 Å². The van der Waals surface area contributed by atoms with Gasteiger partial charge in [0, 0.05) is 10.6 Å². The zero-order valence-corrected chi connectivity index (χ0v) is 19.1. The molecule has 1 aromatic heterocycles. The van der Waals surface area contributed by atoms with Crippen LogP contribution in [-0.2, 0) is 15.2 Å². The third kappa shape index (κ3) is 3.33. The van der Waals surface area contributed by atoms with Crippen molar-refractivity contribution in [2.45, 2.75) is 44.1 Å². The number of hydrogen-bond acceptors (Lipinski definition) is 5. The third-order valence-electron chi connectivity index (χ3n) is 6.85. The number of amidine groups is 1. The van der Waals surface area contributed by atoms with Gasteiger partial charge >= 0.3 is 5.97 Å². The lowest BCUT2D eigenvalue weighted by Crippen LogP contribution is -2.59. The molecule has 7 nitrogen and oxygen atoms in total. The summed E-state index contributed by atoms with van der Waals surface area (Å²) in [6.07, 6.45) is 7.25. The first-order valence-electron chi connectivity index (χ1n) is 9.87. The Kier molecular flexibility index (Phi) is 4.87. The molecule has 4 bridgehead atoms. The normalized spacial score (nSPS) is 32.4. The van der Waals surface area contributed by atoms with Crippen molar-refractivity contribution < 1.29 is 9.63 Å². The first-order valence-corrected chi connectivity index (χ1v) is 11.4. The number of nitrogens with zero attached hydrogens (tertiary/aromatic N) is 4. The van der Waals surface area contributed by atoms with Gasteiger partial charge in [0.1, 0.15) is 6.33 Å². The van der Waals surface area contributed by atoms with E-state index in [0.717, 1.165) is 32.1 Å². The minimum absolute atomic E-state index is 0.0460. The molecule has 2 N–H and O–H groups in total. The van der Waals surface area contributed by atoms with E-state index in [1.165, 1.54) is 0 Å². The lowest BCUT2D eigenvalue weighted by Gasteiger charge is -2.60. The second-order valence-corrected chi connectivity index (χ2v) is 10.5. The quantitative estimate of drug-likeness (QED) is 0.281. The summed E-state index contributed by atoms with van der Waals surface area (Å²) in [5.74, 6) is 0.653. The molecule has 2 atom stereocenters. The highest BCUT2D eigenvalue weighted by molar-refractivity contribution is 9.10. The number of carbonyl (C=O) groups is 1. The van der Waals surface area contributed by atoms with Gasteiger partial charge in [-0.2, -0.15) is 0 Å². The number of rotatable bonds is 4. The van der Waals surface area contributed by atoms with Gasteiger partial charge in [-0.15, -0.1) is 5.10 Å². The Bertz CT molecular complexity index is 1040. The minimum Gasteiger partial charge on any atom is -0.380 e. The Morgan fingerprint density at radius 2 is 2.00 bits per heavy atom. The van der Waals surface area contributed by atoms with Gasteiger partial charge < -0.3 is 10.6 Å². The SMILES string of the molecule is N/C(=N\OC(=O)C12CC3CC(C1)CC(n1cnc(Br)n1)(C3)C2)c1ccc(Cl)cc1Cl. The number of carbonyl (C=O) groups excluding carboxylic acids is 1. The number of nitrogens with two attached hydrogens (primary N) is 1. The van der Waals surface area contributed by atoms with Crippen LogP contribution in [0.25, 0.3) is 0 Å². The molecule has 2 unspecified atom stereocenters. The predicted octanol–water partition coefficient (Wildman–Crippen LogP) is 4.51. The predicted molar refractivity (Wildman–Crippen MR) is 116 cm³/mol. The van der Waals surface area contributed by atoms with E-state index < -0.39 is 5.41 Å². The van der Waals surface area contributed by atoms with Gasteiger partial charge in [0.05, 0.1) is 16.0 Å². The lowest BCUT2D eigenvalue weighted by atomic mass is 9.47. The summed E-state index contributed by atoms with van der Waals surface area (Å²) in [7, 11) is 0.